The zero-order valence-corrected chi connectivity index (χ0v) is 22.7. The lowest BCUT2D eigenvalue weighted by Crippen LogP contribution is -2.23. The lowest BCUT2D eigenvalue weighted by atomic mass is 10.0. The van der Waals surface area contributed by atoms with E-state index >= 15 is 0 Å². The van der Waals surface area contributed by atoms with Crippen molar-refractivity contribution in [2.24, 2.45) is 27.4 Å². The number of nitrogens with two attached hydrogens (primary N) is 2. The summed E-state index contributed by atoms with van der Waals surface area (Å²) in [4.78, 5) is 21.2. The molecule has 198 valence electrons. The minimum atomic E-state index is -0.0690. The molecule has 2 aromatic carbocycles. The molecule has 0 aliphatic carbocycles. The summed E-state index contributed by atoms with van der Waals surface area (Å²) < 4.78 is 0. The van der Waals surface area contributed by atoms with E-state index in [0.29, 0.717) is 25.3 Å². The Morgan fingerprint density at radius 2 is 1.78 bits per heavy atom. The zero-order chi connectivity index (χ0) is 27.0. The van der Waals surface area contributed by atoms with Crippen molar-refractivity contribution in [2.45, 2.75) is 65.7 Å². The van der Waals surface area contributed by atoms with Crippen LogP contribution in [0.1, 0.15) is 70.4 Å². The highest BCUT2D eigenvalue weighted by Crippen LogP contribution is 2.20. The minimum Gasteiger partial charge on any atom is -0.370 e. The molecule has 0 radical (unpaired) electrons. The molecular formula is C31H43N5O. The summed E-state index contributed by atoms with van der Waals surface area (Å²) in [6.07, 6.45) is 8.07. The molecule has 0 saturated heterocycles. The van der Waals surface area contributed by atoms with Crippen molar-refractivity contribution < 1.29 is 4.79 Å². The first-order valence-corrected chi connectivity index (χ1v) is 13.2. The molecule has 37 heavy (non-hydrogen) atoms. The maximum Gasteiger partial charge on any atom is 0.224 e. The van der Waals surface area contributed by atoms with Gasteiger partial charge in [-0.15, -0.1) is 0 Å². The monoisotopic (exact) mass is 501 g/mol. The van der Waals surface area contributed by atoms with E-state index in [1.807, 2.05) is 37.3 Å². The van der Waals surface area contributed by atoms with E-state index in [0.717, 1.165) is 60.3 Å². The Morgan fingerprint density at radius 3 is 2.49 bits per heavy atom. The van der Waals surface area contributed by atoms with Crippen LogP contribution in [0.2, 0.25) is 0 Å². The van der Waals surface area contributed by atoms with Gasteiger partial charge in [0.2, 0.25) is 5.91 Å². The van der Waals surface area contributed by atoms with E-state index in [-0.39, 0.29) is 11.9 Å². The van der Waals surface area contributed by atoms with E-state index in [2.05, 4.69) is 61.1 Å². The van der Waals surface area contributed by atoms with Crippen molar-refractivity contribution >= 4 is 23.3 Å². The second-order valence-electron chi connectivity index (χ2n) is 9.80. The van der Waals surface area contributed by atoms with Crippen LogP contribution in [0.5, 0.6) is 0 Å². The molecule has 2 rings (SSSR count). The number of nitrogens with one attached hydrogen (secondary N) is 1. The number of anilines is 1. The van der Waals surface area contributed by atoms with Crippen LogP contribution < -0.4 is 16.8 Å². The molecule has 5 N–H and O–H groups in total. The molecule has 6 nitrogen and oxygen atoms in total. The molecule has 6 heteroatoms. The van der Waals surface area contributed by atoms with Crippen LogP contribution in [0.15, 0.2) is 88.5 Å². The zero-order valence-electron chi connectivity index (χ0n) is 22.7. The van der Waals surface area contributed by atoms with Crippen molar-refractivity contribution in [3.8, 4) is 0 Å². The van der Waals surface area contributed by atoms with Gasteiger partial charge in [-0.1, -0.05) is 68.5 Å². The maximum atomic E-state index is 12.3. The van der Waals surface area contributed by atoms with Gasteiger partial charge in [0, 0.05) is 30.1 Å². The van der Waals surface area contributed by atoms with Crippen molar-refractivity contribution in [2.75, 3.05) is 11.9 Å². The van der Waals surface area contributed by atoms with E-state index in [4.69, 9.17) is 16.5 Å². The molecule has 2 aromatic rings. The quantitative estimate of drug-likeness (QED) is 0.114. The summed E-state index contributed by atoms with van der Waals surface area (Å²) in [6.45, 7) is 11.2. The topological polar surface area (TPSA) is 106 Å². The number of amides is 1. The summed E-state index contributed by atoms with van der Waals surface area (Å²) in [5, 5.41) is 2.96. The van der Waals surface area contributed by atoms with Gasteiger partial charge >= 0.3 is 0 Å². The molecule has 0 atom stereocenters. The van der Waals surface area contributed by atoms with Crippen molar-refractivity contribution in [1.82, 2.24) is 0 Å². The third kappa shape index (κ3) is 12.7. The Kier molecular flexibility index (Phi) is 12.9. The average molecular weight is 502 g/mol. The van der Waals surface area contributed by atoms with Crippen LogP contribution in [0.25, 0.3) is 0 Å². The van der Waals surface area contributed by atoms with Gasteiger partial charge in [-0.25, -0.2) is 0 Å². The van der Waals surface area contributed by atoms with Crippen LogP contribution in [0, 0.1) is 5.92 Å². The number of hydrogen-bond acceptors (Lipinski definition) is 3. The fraction of sp³-hybridized carbons (Fsp3) is 0.387. The standard InChI is InChI=1S/C31H43N5O/c1-23(2)18-19-24(3)21-28(15-8-13-26-11-6-5-7-12-26)35-25(4)27-14-9-16-29(22-27)36-30(37)17-10-20-34-31(32)33/h5-7,9,11-12,14,16,21-23H,3,8,10,13,15,17-20H2,1-2,4H3,(H,36,37)(H4,32,33,34)/b28-21-,35-25?. The molecule has 0 spiro atoms. The van der Waals surface area contributed by atoms with Gasteiger partial charge in [-0.05, 0) is 80.7 Å². The maximum absolute atomic E-state index is 12.3. The first kappa shape index (κ1) is 29.6. The molecule has 0 aliphatic rings. The first-order chi connectivity index (χ1) is 17.7. The lowest BCUT2D eigenvalue weighted by Gasteiger charge is -2.10. The Labute approximate surface area is 222 Å². The van der Waals surface area contributed by atoms with Crippen LogP contribution in [-0.2, 0) is 11.2 Å². The highest BCUT2D eigenvalue weighted by Gasteiger charge is 2.07. The van der Waals surface area contributed by atoms with Gasteiger partial charge < -0.3 is 16.8 Å². The number of guanidine groups is 1. The van der Waals surface area contributed by atoms with Crippen molar-refractivity contribution in [3.05, 3.63) is 89.6 Å². The van der Waals surface area contributed by atoms with Crippen LogP contribution in [0.4, 0.5) is 5.69 Å². The molecule has 0 bridgehead atoms. The lowest BCUT2D eigenvalue weighted by molar-refractivity contribution is -0.116. The van der Waals surface area contributed by atoms with Gasteiger partial charge in [0.1, 0.15) is 0 Å². The Hall–Kier alpha value is -3.67. The van der Waals surface area contributed by atoms with E-state index < -0.39 is 0 Å². The second kappa shape index (κ2) is 16.1. The number of aryl methyl sites for hydroxylation is 1. The molecule has 1 amide bonds. The molecular weight excluding hydrogens is 458 g/mol. The van der Waals surface area contributed by atoms with Crippen LogP contribution >= 0.6 is 0 Å². The summed E-state index contributed by atoms with van der Waals surface area (Å²) in [7, 11) is 0. The van der Waals surface area contributed by atoms with Gasteiger partial charge in [0.05, 0.1) is 0 Å². The third-order valence-electron chi connectivity index (χ3n) is 5.89. The number of allylic oxidation sites excluding steroid dienone is 3. The summed E-state index contributed by atoms with van der Waals surface area (Å²) in [6, 6.07) is 18.3. The molecule has 0 heterocycles. The fourth-order valence-corrected chi connectivity index (χ4v) is 3.83. The predicted octanol–water partition coefficient (Wildman–Crippen LogP) is 6.39. The minimum absolute atomic E-state index is 0.0415. The van der Waals surface area contributed by atoms with Crippen molar-refractivity contribution in [1.29, 1.82) is 0 Å². The molecule has 0 aromatic heterocycles. The summed E-state index contributed by atoms with van der Waals surface area (Å²) >= 11 is 0. The van der Waals surface area contributed by atoms with E-state index in [1.54, 1.807) is 0 Å². The second-order valence-corrected chi connectivity index (χ2v) is 9.80. The number of aliphatic imine (C=N–C) groups is 2. The van der Waals surface area contributed by atoms with Crippen LogP contribution in [0.3, 0.4) is 0 Å². The number of benzene rings is 2. The molecule has 0 fully saturated rings. The van der Waals surface area contributed by atoms with Gasteiger partial charge in [0.15, 0.2) is 5.96 Å². The van der Waals surface area contributed by atoms with E-state index in [1.165, 1.54) is 5.56 Å². The first-order valence-electron chi connectivity index (χ1n) is 13.2. The Bertz CT molecular complexity index is 1100. The van der Waals surface area contributed by atoms with Crippen molar-refractivity contribution in [3.63, 3.8) is 0 Å². The predicted molar refractivity (Wildman–Crippen MR) is 158 cm³/mol. The summed E-state index contributed by atoms with van der Waals surface area (Å²) in [5.74, 6) is 0.613. The fourth-order valence-electron chi connectivity index (χ4n) is 3.83. The highest BCUT2D eigenvalue weighted by atomic mass is 16.1. The summed E-state index contributed by atoms with van der Waals surface area (Å²) in [5.41, 5.74) is 16.8. The normalized spacial score (nSPS) is 11.9. The molecule has 0 aliphatic heterocycles. The number of hydrogen-bond donors (Lipinski definition) is 3. The Morgan fingerprint density at radius 1 is 1.03 bits per heavy atom. The number of nitrogens with zero attached hydrogens (tertiary/aromatic N) is 2. The number of carbonyl (C=O) groups is 1. The SMILES string of the molecule is C=C(/C=C(/CCCc1ccccc1)N=C(C)c1cccc(NC(=O)CCCN=C(N)N)c1)CCC(C)C. The van der Waals surface area contributed by atoms with Crippen LogP contribution in [-0.4, -0.2) is 24.1 Å². The molecule has 0 saturated carbocycles. The largest absolute Gasteiger partial charge is 0.370 e. The van der Waals surface area contributed by atoms with Gasteiger partial charge in [0.25, 0.3) is 0 Å². The highest BCUT2D eigenvalue weighted by molar-refractivity contribution is 6.01. The number of carbonyl (C=O) groups excluding carboxylic acids is 1. The Balaban J connectivity index is 2.10. The average Bonchev–Trinajstić information content (AvgIpc) is 2.86. The third-order valence-corrected chi connectivity index (χ3v) is 5.89. The number of rotatable bonds is 15. The smallest absolute Gasteiger partial charge is 0.224 e. The van der Waals surface area contributed by atoms with E-state index in [9.17, 15) is 4.79 Å². The van der Waals surface area contributed by atoms with Gasteiger partial charge in [-0.2, -0.15) is 0 Å². The van der Waals surface area contributed by atoms with Gasteiger partial charge in [-0.3, -0.25) is 14.8 Å². The molecule has 0 unspecified atom stereocenters.